The van der Waals surface area contributed by atoms with Crippen LogP contribution < -0.4 is 18.7 Å². The summed E-state index contributed by atoms with van der Waals surface area (Å²) in [4.78, 5) is 23.4. The van der Waals surface area contributed by atoms with Gasteiger partial charge in [0.15, 0.2) is 17.4 Å². The Balaban J connectivity index is 1.77. The predicted octanol–water partition coefficient (Wildman–Crippen LogP) is 4.57. The minimum absolute atomic E-state index is 0.160. The molecule has 1 aromatic carbocycles. The zero-order chi connectivity index (χ0) is 22.1. The number of nitrogens with zero attached hydrogens (tertiary/aromatic N) is 4. The number of fused-ring (bicyclic) bond motifs is 1. The fraction of sp³-hybridized carbons (Fsp3) is 0.150. The second kappa shape index (κ2) is 8.34. The van der Waals surface area contributed by atoms with Gasteiger partial charge in [-0.3, -0.25) is 4.90 Å². The summed E-state index contributed by atoms with van der Waals surface area (Å²) in [5, 5.41) is 0. The molecule has 0 spiro atoms. The summed E-state index contributed by atoms with van der Waals surface area (Å²) in [6.45, 7) is -0.495. The van der Waals surface area contributed by atoms with E-state index in [1.54, 1.807) is 24.3 Å². The Morgan fingerprint density at radius 2 is 1.81 bits per heavy atom. The average Bonchev–Trinajstić information content (AvgIpc) is 2.76. The molecular weight excluding hydrogens is 433 g/mol. The molecule has 0 atom stereocenters. The van der Waals surface area contributed by atoms with Crippen LogP contribution in [0.25, 0.3) is 0 Å². The molecule has 0 fully saturated rings. The van der Waals surface area contributed by atoms with Gasteiger partial charge in [-0.25, -0.2) is 27.3 Å². The van der Waals surface area contributed by atoms with Gasteiger partial charge in [0.05, 0.1) is 25.7 Å². The summed E-state index contributed by atoms with van der Waals surface area (Å²) < 4.78 is 53.4. The number of methoxy groups -OCH3 is 2. The number of aromatic nitrogens is 2. The molecule has 160 valence electrons. The molecule has 7 nitrogen and oxygen atoms in total. The summed E-state index contributed by atoms with van der Waals surface area (Å²) in [6.07, 6.45) is 1.46. The van der Waals surface area contributed by atoms with E-state index in [0.717, 1.165) is 16.8 Å². The number of hydrogen-bond donors (Lipinski definition) is 0. The van der Waals surface area contributed by atoms with Gasteiger partial charge in [0.1, 0.15) is 17.5 Å². The Hall–Kier alpha value is -3.47. The Morgan fingerprint density at radius 3 is 2.48 bits per heavy atom. The predicted molar refractivity (Wildman–Crippen MR) is 108 cm³/mol. The molecule has 1 aliphatic heterocycles. The van der Waals surface area contributed by atoms with E-state index in [0.29, 0.717) is 22.8 Å². The molecule has 2 aromatic heterocycles. The molecule has 3 heterocycles. The van der Waals surface area contributed by atoms with Gasteiger partial charge in [0.25, 0.3) is 5.88 Å². The third kappa shape index (κ3) is 3.83. The van der Waals surface area contributed by atoms with Crippen LogP contribution in [0.2, 0.25) is 0 Å². The normalized spacial score (nSPS) is 13.3. The van der Waals surface area contributed by atoms with Gasteiger partial charge in [0, 0.05) is 35.8 Å². The minimum atomic E-state index is -1.10. The first-order valence-electron chi connectivity index (χ1n) is 8.90. The molecular formula is C20H15F3N4O3S. The molecule has 2 amide bonds. The van der Waals surface area contributed by atoms with E-state index in [1.807, 2.05) is 0 Å². The van der Waals surface area contributed by atoms with Crippen LogP contribution in [0.1, 0.15) is 5.56 Å². The smallest absolute Gasteiger partial charge is 0.342 e. The summed E-state index contributed by atoms with van der Waals surface area (Å²) in [5.74, 6) is -2.28. The lowest BCUT2D eigenvalue weighted by molar-refractivity contribution is 0.253. The van der Waals surface area contributed by atoms with Crippen LogP contribution in [0, 0.1) is 17.5 Å². The van der Waals surface area contributed by atoms with Crippen molar-refractivity contribution in [3.05, 3.63) is 65.6 Å². The van der Waals surface area contributed by atoms with Gasteiger partial charge in [-0.1, -0.05) is 0 Å². The number of pyridine rings is 2. The van der Waals surface area contributed by atoms with Gasteiger partial charge >= 0.3 is 6.03 Å². The number of carbonyl (C=O) groups is 1. The Kier molecular flexibility index (Phi) is 5.59. The summed E-state index contributed by atoms with van der Waals surface area (Å²) >= 11 is 1.05. The van der Waals surface area contributed by atoms with Crippen LogP contribution in [0.15, 0.2) is 47.5 Å². The topological polar surface area (TPSA) is 67.8 Å². The SMILES string of the molecule is COc1ccc(N2Sc3cccnc3N(Cc3c(F)cc(F)cc3F)C2=O)nc1OC. The Bertz CT molecular complexity index is 1140. The number of urea groups is 1. The van der Waals surface area contributed by atoms with Crippen LogP contribution in [-0.2, 0) is 6.54 Å². The molecule has 0 saturated carbocycles. The zero-order valence-electron chi connectivity index (χ0n) is 16.3. The van der Waals surface area contributed by atoms with E-state index in [4.69, 9.17) is 9.47 Å². The Morgan fingerprint density at radius 1 is 1.06 bits per heavy atom. The fourth-order valence-electron chi connectivity index (χ4n) is 2.99. The van der Waals surface area contributed by atoms with Gasteiger partial charge in [-0.05, 0) is 24.3 Å². The second-order valence-corrected chi connectivity index (χ2v) is 7.30. The van der Waals surface area contributed by atoms with Crippen molar-refractivity contribution >= 4 is 29.6 Å². The maximum absolute atomic E-state index is 14.3. The lowest BCUT2D eigenvalue weighted by atomic mass is 10.1. The van der Waals surface area contributed by atoms with Crippen molar-refractivity contribution in [1.29, 1.82) is 0 Å². The number of amides is 2. The molecule has 11 heteroatoms. The molecule has 0 bridgehead atoms. The quantitative estimate of drug-likeness (QED) is 0.533. The highest BCUT2D eigenvalue weighted by Gasteiger charge is 2.35. The molecule has 4 rings (SSSR count). The lowest BCUT2D eigenvalue weighted by Crippen LogP contribution is -2.44. The van der Waals surface area contributed by atoms with Gasteiger partial charge in [0.2, 0.25) is 0 Å². The molecule has 0 radical (unpaired) electrons. The summed E-state index contributed by atoms with van der Waals surface area (Å²) in [5.41, 5.74) is -0.460. The van der Waals surface area contributed by atoms with Crippen LogP contribution in [0.3, 0.4) is 0 Å². The maximum atomic E-state index is 14.3. The van der Waals surface area contributed by atoms with Gasteiger partial charge in [-0.2, -0.15) is 4.98 Å². The van der Waals surface area contributed by atoms with Crippen LogP contribution in [0.4, 0.5) is 29.6 Å². The zero-order valence-corrected chi connectivity index (χ0v) is 17.1. The number of benzene rings is 1. The fourth-order valence-corrected chi connectivity index (χ4v) is 3.95. The van der Waals surface area contributed by atoms with Gasteiger partial charge < -0.3 is 9.47 Å². The monoisotopic (exact) mass is 448 g/mol. The van der Waals surface area contributed by atoms with Crippen molar-refractivity contribution in [2.45, 2.75) is 11.4 Å². The van der Waals surface area contributed by atoms with Gasteiger partial charge in [-0.15, -0.1) is 0 Å². The van der Waals surface area contributed by atoms with Crippen molar-refractivity contribution < 1.29 is 27.4 Å². The summed E-state index contributed by atoms with van der Waals surface area (Å²) in [6, 6.07) is 6.99. The van der Waals surface area contributed by atoms with Crippen LogP contribution in [0.5, 0.6) is 11.6 Å². The van der Waals surface area contributed by atoms with E-state index >= 15 is 0 Å². The second-order valence-electron chi connectivity index (χ2n) is 6.31. The first-order valence-corrected chi connectivity index (χ1v) is 9.67. The molecule has 1 aliphatic rings. The first kappa shape index (κ1) is 20.8. The van der Waals surface area contributed by atoms with E-state index in [2.05, 4.69) is 9.97 Å². The number of ether oxygens (including phenoxy) is 2. The van der Waals surface area contributed by atoms with Crippen LogP contribution >= 0.6 is 11.9 Å². The maximum Gasteiger partial charge on any atom is 0.342 e. The molecule has 0 aliphatic carbocycles. The highest BCUT2D eigenvalue weighted by Crippen LogP contribution is 2.41. The van der Waals surface area contributed by atoms with Crippen molar-refractivity contribution in [2.75, 3.05) is 23.4 Å². The molecule has 0 N–H and O–H groups in total. The largest absolute Gasteiger partial charge is 0.491 e. The summed E-state index contributed by atoms with van der Waals surface area (Å²) in [7, 11) is 2.86. The lowest BCUT2D eigenvalue weighted by Gasteiger charge is -2.34. The minimum Gasteiger partial charge on any atom is -0.491 e. The average molecular weight is 448 g/mol. The first-order chi connectivity index (χ1) is 14.9. The highest BCUT2D eigenvalue weighted by molar-refractivity contribution is 8.01. The molecule has 3 aromatic rings. The number of rotatable bonds is 5. The van der Waals surface area contributed by atoms with E-state index in [-0.39, 0.29) is 17.5 Å². The van der Waals surface area contributed by atoms with E-state index in [1.165, 1.54) is 24.7 Å². The van der Waals surface area contributed by atoms with E-state index < -0.39 is 35.6 Å². The standard InChI is InChI=1S/C20H15F3N4O3S/c1-29-15-5-6-17(25-19(15)30-2)27-20(28)26(18-16(31-27)4-3-7-24-18)10-12-13(22)8-11(21)9-14(12)23/h3-9H,10H2,1-2H3. The third-order valence-corrected chi connectivity index (χ3v) is 5.50. The third-order valence-electron chi connectivity index (χ3n) is 4.45. The van der Waals surface area contributed by atoms with Crippen molar-refractivity contribution in [1.82, 2.24) is 9.97 Å². The Labute approximate surface area is 179 Å². The molecule has 31 heavy (non-hydrogen) atoms. The number of anilines is 2. The number of hydrogen-bond acceptors (Lipinski definition) is 6. The molecule has 0 saturated heterocycles. The van der Waals surface area contributed by atoms with Crippen molar-refractivity contribution in [3.8, 4) is 11.6 Å². The highest BCUT2D eigenvalue weighted by atomic mass is 32.2. The number of carbonyl (C=O) groups excluding carboxylic acids is 1. The van der Waals surface area contributed by atoms with Crippen molar-refractivity contribution in [3.63, 3.8) is 0 Å². The number of halogens is 3. The molecule has 0 unspecified atom stereocenters. The van der Waals surface area contributed by atoms with E-state index in [9.17, 15) is 18.0 Å². The van der Waals surface area contributed by atoms with Crippen LogP contribution in [-0.4, -0.2) is 30.2 Å². The van der Waals surface area contributed by atoms with Crippen molar-refractivity contribution in [2.24, 2.45) is 0 Å².